The summed E-state index contributed by atoms with van der Waals surface area (Å²) in [6.07, 6.45) is 2.39. The molecule has 0 unspecified atom stereocenters. The van der Waals surface area contributed by atoms with Crippen LogP contribution in [0, 0.1) is 3.57 Å². The molecule has 1 rings (SSSR count). The molecular formula is C10H11IO2S. The van der Waals surface area contributed by atoms with Crippen LogP contribution < -0.4 is 0 Å². The molecule has 0 amide bonds. The van der Waals surface area contributed by atoms with Gasteiger partial charge in [0.2, 0.25) is 0 Å². The Morgan fingerprint density at radius 1 is 1.57 bits per heavy atom. The number of carbonyl (C=O) groups is 1. The van der Waals surface area contributed by atoms with E-state index in [1.165, 1.54) is 15.6 Å². The van der Waals surface area contributed by atoms with E-state index < -0.39 is 0 Å². The fourth-order valence-electron chi connectivity index (χ4n) is 1.06. The van der Waals surface area contributed by atoms with Gasteiger partial charge in [-0.2, -0.15) is 0 Å². The second-order valence-electron chi connectivity index (χ2n) is 2.72. The molecule has 0 bridgehead atoms. The van der Waals surface area contributed by atoms with Crippen LogP contribution in [0.2, 0.25) is 0 Å². The third-order valence-electron chi connectivity index (χ3n) is 1.79. The normalized spacial score (nSPS) is 9.93. The number of benzene rings is 1. The molecule has 76 valence electrons. The number of methoxy groups -OCH3 is 1. The van der Waals surface area contributed by atoms with Crippen LogP contribution >= 0.6 is 34.4 Å². The van der Waals surface area contributed by atoms with E-state index in [1.54, 1.807) is 11.8 Å². The Morgan fingerprint density at radius 2 is 2.29 bits per heavy atom. The molecule has 0 atom stereocenters. The highest BCUT2D eigenvalue weighted by atomic mass is 127. The number of esters is 1. The van der Waals surface area contributed by atoms with Gasteiger partial charge in [-0.25, -0.2) is 0 Å². The van der Waals surface area contributed by atoms with Crippen LogP contribution in [0.1, 0.15) is 5.56 Å². The summed E-state index contributed by atoms with van der Waals surface area (Å²) in [5.41, 5.74) is 0.999. The van der Waals surface area contributed by atoms with E-state index in [0.717, 1.165) is 5.56 Å². The minimum Gasteiger partial charge on any atom is -0.469 e. The van der Waals surface area contributed by atoms with Crippen molar-refractivity contribution in [3.8, 4) is 0 Å². The lowest BCUT2D eigenvalue weighted by Gasteiger charge is -2.04. The molecule has 0 aliphatic rings. The quantitative estimate of drug-likeness (QED) is 0.486. The number of thioether (sulfide) groups is 1. The first-order valence-corrected chi connectivity index (χ1v) is 6.37. The average Bonchev–Trinajstić information content (AvgIpc) is 2.18. The van der Waals surface area contributed by atoms with E-state index in [0.29, 0.717) is 6.42 Å². The molecule has 1 aromatic rings. The molecule has 0 radical (unpaired) electrons. The maximum atomic E-state index is 11.0. The molecule has 0 saturated heterocycles. The lowest BCUT2D eigenvalue weighted by molar-refractivity contribution is -0.139. The smallest absolute Gasteiger partial charge is 0.309 e. The van der Waals surface area contributed by atoms with Gasteiger partial charge in [-0.1, -0.05) is 6.07 Å². The number of carbonyl (C=O) groups excluding carboxylic acids is 1. The highest BCUT2D eigenvalue weighted by Crippen LogP contribution is 2.23. The summed E-state index contributed by atoms with van der Waals surface area (Å²) >= 11 is 3.98. The Bertz CT molecular complexity index is 339. The molecule has 0 aliphatic carbocycles. The molecule has 14 heavy (non-hydrogen) atoms. The van der Waals surface area contributed by atoms with Gasteiger partial charge >= 0.3 is 5.97 Å². The molecule has 0 fully saturated rings. The summed E-state index contributed by atoms with van der Waals surface area (Å²) in [6, 6.07) is 6.01. The van der Waals surface area contributed by atoms with E-state index in [-0.39, 0.29) is 5.97 Å². The first-order valence-electron chi connectivity index (χ1n) is 4.06. The second kappa shape index (κ2) is 5.60. The monoisotopic (exact) mass is 322 g/mol. The zero-order chi connectivity index (χ0) is 10.6. The van der Waals surface area contributed by atoms with Gasteiger partial charge in [0, 0.05) is 8.47 Å². The number of halogens is 1. The van der Waals surface area contributed by atoms with E-state index >= 15 is 0 Å². The van der Waals surface area contributed by atoms with Gasteiger partial charge in [-0.15, -0.1) is 11.8 Å². The standard InChI is InChI=1S/C10H11IO2S/c1-13-10(12)6-7-3-4-9(14-2)8(11)5-7/h3-5H,6H2,1-2H3. The van der Waals surface area contributed by atoms with Gasteiger partial charge in [0.15, 0.2) is 0 Å². The predicted octanol–water partition coefficient (Wildman–Crippen LogP) is 2.73. The predicted molar refractivity (Wildman–Crippen MR) is 66.7 cm³/mol. The fourth-order valence-corrected chi connectivity index (χ4v) is 2.76. The summed E-state index contributed by atoms with van der Waals surface area (Å²) in [4.78, 5) is 12.3. The van der Waals surface area contributed by atoms with E-state index in [4.69, 9.17) is 0 Å². The molecule has 0 saturated carbocycles. The van der Waals surface area contributed by atoms with Gasteiger partial charge in [-0.05, 0) is 46.5 Å². The lowest BCUT2D eigenvalue weighted by atomic mass is 10.1. The summed E-state index contributed by atoms with van der Waals surface area (Å²) < 4.78 is 5.78. The second-order valence-corrected chi connectivity index (χ2v) is 4.73. The zero-order valence-corrected chi connectivity index (χ0v) is 11.0. The minimum absolute atomic E-state index is 0.197. The fraction of sp³-hybridized carbons (Fsp3) is 0.300. The topological polar surface area (TPSA) is 26.3 Å². The Morgan fingerprint density at radius 3 is 2.79 bits per heavy atom. The van der Waals surface area contributed by atoms with E-state index in [1.807, 2.05) is 24.5 Å². The third-order valence-corrected chi connectivity index (χ3v) is 3.85. The molecule has 0 N–H and O–H groups in total. The van der Waals surface area contributed by atoms with Gasteiger partial charge in [0.1, 0.15) is 0 Å². The Hall–Kier alpha value is -0.230. The number of rotatable bonds is 3. The highest BCUT2D eigenvalue weighted by Gasteiger charge is 2.05. The number of hydrogen-bond donors (Lipinski definition) is 0. The van der Waals surface area contributed by atoms with Crippen molar-refractivity contribution in [3.63, 3.8) is 0 Å². The van der Waals surface area contributed by atoms with Crippen molar-refractivity contribution in [3.05, 3.63) is 27.3 Å². The van der Waals surface area contributed by atoms with Crippen LogP contribution in [0.15, 0.2) is 23.1 Å². The highest BCUT2D eigenvalue weighted by molar-refractivity contribution is 14.1. The first kappa shape index (κ1) is 11.8. The SMILES string of the molecule is COC(=O)Cc1ccc(SC)c(I)c1. The molecular weight excluding hydrogens is 311 g/mol. The van der Waals surface area contributed by atoms with Crippen LogP contribution in [-0.4, -0.2) is 19.3 Å². The van der Waals surface area contributed by atoms with Crippen molar-refractivity contribution in [2.75, 3.05) is 13.4 Å². The molecule has 0 heterocycles. The van der Waals surface area contributed by atoms with Crippen LogP contribution in [-0.2, 0) is 16.0 Å². The molecule has 0 aliphatic heterocycles. The summed E-state index contributed by atoms with van der Waals surface area (Å²) in [7, 11) is 1.41. The summed E-state index contributed by atoms with van der Waals surface area (Å²) in [5.74, 6) is -0.197. The van der Waals surface area contributed by atoms with Crippen molar-refractivity contribution in [2.45, 2.75) is 11.3 Å². The largest absolute Gasteiger partial charge is 0.469 e. The van der Waals surface area contributed by atoms with Crippen molar-refractivity contribution in [2.24, 2.45) is 0 Å². The molecule has 4 heteroatoms. The molecule has 1 aromatic carbocycles. The first-order chi connectivity index (χ1) is 6.67. The molecule has 0 aromatic heterocycles. The van der Waals surface area contributed by atoms with Gasteiger partial charge < -0.3 is 4.74 Å². The van der Waals surface area contributed by atoms with Gasteiger partial charge in [0.25, 0.3) is 0 Å². The van der Waals surface area contributed by atoms with Crippen LogP contribution in [0.3, 0.4) is 0 Å². The average molecular weight is 322 g/mol. The van der Waals surface area contributed by atoms with Crippen LogP contribution in [0.5, 0.6) is 0 Å². The summed E-state index contributed by atoms with van der Waals surface area (Å²) in [6.45, 7) is 0. The van der Waals surface area contributed by atoms with Crippen molar-refractivity contribution in [1.29, 1.82) is 0 Å². The maximum Gasteiger partial charge on any atom is 0.309 e. The van der Waals surface area contributed by atoms with Gasteiger partial charge in [-0.3, -0.25) is 4.79 Å². The number of ether oxygens (including phenoxy) is 1. The Balaban J connectivity index is 2.81. The van der Waals surface area contributed by atoms with E-state index in [2.05, 4.69) is 27.3 Å². The molecule has 2 nitrogen and oxygen atoms in total. The maximum absolute atomic E-state index is 11.0. The van der Waals surface area contributed by atoms with Crippen LogP contribution in [0.4, 0.5) is 0 Å². The number of hydrogen-bond acceptors (Lipinski definition) is 3. The van der Waals surface area contributed by atoms with Crippen molar-refractivity contribution >= 4 is 40.3 Å². The third kappa shape index (κ3) is 3.16. The van der Waals surface area contributed by atoms with Gasteiger partial charge in [0.05, 0.1) is 13.5 Å². The van der Waals surface area contributed by atoms with Crippen molar-refractivity contribution < 1.29 is 9.53 Å². The lowest BCUT2D eigenvalue weighted by Crippen LogP contribution is -2.04. The van der Waals surface area contributed by atoms with Crippen LogP contribution in [0.25, 0.3) is 0 Å². The van der Waals surface area contributed by atoms with Crippen molar-refractivity contribution in [1.82, 2.24) is 0 Å². The Kier molecular flexibility index (Phi) is 4.74. The Labute approximate surface area is 102 Å². The summed E-state index contributed by atoms with van der Waals surface area (Å²) in [5, 5.41) is 0. The molecule has 0 spiro atoms. The minimum atomic E-state index is -0.197. The van der Waals surface area contributed by atoms with E-state index in [9.17, 15) is 4.79 Å². The zero-order valence-electron chi connectivity index (χ0n) is 8.04.